The Labute approximate surface area is 159 Å². The molecule has 2 fully saturated rings. The third kappa shape index (κ3) is 3.76. The monoisotopic (exact) mass is 366 g/mol. The summed E-state index contributed by atoms with van der Waals surface area (Å²) in [5.41, 5.74) is 2.19. The highest BCUT2D eigenvalue weighted by molar-refractivity contribution is 5.94. The first-order chi connectivity index (χ1) is 13.2. The van der Waals surface area contributed by atoms with E-state index in [4.69, 9.17) is 5.11 Å². The summed E-state index contributed by atoms with van der Waals surface area (Å²) in [4.78, 5) is 21.4. The number of aromatic nitrogens is 1. The van der Waals surface area contributed by atoms with E-state index in [1.165, 1.54) is 12.1 Å². The summed E-state index contributed by atoms with van der Waals surface area (Å²) in [6.45, 7) is 4.32. The topological polar surface area (TPSA) is 68.7 Å². The van der Waals surface area contributed by atoms with Crippen LogP contribution in [0.25, 0.3) is 0 Å². The zero-order chi connectivity index (χ0) is 18.7. The standard InChI is InChI=1S/C21H26N4O2/c26-13-10-23-20(27)17-6-9-22-19(14-17)25-12-8-21(16-25)7-11-24(15-21)18-4-2-1-3-5-18/h1-6,9,14,26H,7-8,10-13,15-16H2,(H,23,27). The van der Waals surface area contributed by atoms with Gasteiger partial charge in [-0.2, -0.15) is 0 Å². The summed E-state index contributed by atoms with van der Waals surface area (Å²) in [7, 11) is 0. The Bertz CT molecular complexity index is 798. The van der Waals surface area contributed by atoms with Crippen LogP contribution < -0.4 is 15.1 Å². The lowest BCUT2D eigenvalue weighted by Crippen LogP contribution is -2.31. The number of carbonyl (C=O) groups excluding carboxylic acids is 1. The second-order valence-corrected chi connectivity index (χ2v) is 7.56. The molecule has 1 spiro atoms. The normalized spacial score (nSPS) is 21.8. The van der Waals surface area contributed by atoms with Gasteiger partial charge in [-0.1, -0.05) is 18.2 Å². The summed E-state index contributed by atoms with van der Waals surface area (Å²) in [6, 6.07) is 14.2. The van der Waals surface area contributed by atoms with Crippen molar-refractivity contribution in [2.75, 3.05) is 49.1 Å². The second kappa shape index (κ2) is 7.56. The Balaban J connectivity index is 1.43. The third-order valence-corrected chi connectivity index (χ3v) is 5.73. The van der Waals surface area contributed by atoms with Gasteiger partial charge in [-0.25, -0.2) is 4.98 Å². The van der Waals surface area contributed by atoms with Gasteiger partial charge in [-0.05, 0) is 37.1 Å². The fraction of sp³-hybridized carbons (Fsp3) is 0.429. The number of nitrogens with one attached hydrogen (secondary N) is 1. The Kier molecular flexibility index (Phi) is 4.99. The maximum Gasteiger partial charge on any atom is 0.251 e. The molecule has 2 aromatic rings. The molecule has 1 atom stereocenters. The van der Waals surface area contributed by atoms with Gasteiger partial charge in [0.05, 0.1) is 6.61 Å². The summed E-state index contributed by atoms with van der Waals surface area (Å²) >= 11 is 0. The molecule has 6 heteroatoms. The smallest absolute Gasteiger partial charge is 0.251 e. The number of hydrogen-bond acceptors (Lipinski definition) is 5. The fourth-order valence-corrected chi connectivity index (χ4v) is 4.26. The first-order valence-corrected chi connectivity index (χ1v) is 9.59. The van der Waals surface area contributed by atoms with Crippen molar-refractivity contribution < 1.29 is 9.90 Å². The van der Waals surface area contributed by atoms with E-state index in [-0.39, 0.29) is 19.1 Å². The number of aliphatic hydroxyl groups is 1. The van der Waals surface area contributed by atoms with Crippen LogP contribution in [0.4, 0.5) is 11.5 Å². The van der Waals surface area contributed by atoms with E-state index >= 15 is 0 Å². The van der Waals surface area contributed by atoms with Crippen LogP contribution >= 0.6 is 0 Å². The molecule has 1 amide bonds. The van der Waals surface area contributed by atoms with Crippen LogP contribution in [0, 0.1) is 5.41 Å². The van der Waals surface area contributed by atoms with Crippen LogP contribution in [0.2, 0.25) is 0 Å². The van der Waals surface area contributed by atoms with Gasteiger partial charge in [0.1, 0.15) is 5.82 Å². The number of benzene rings is 1. The van der Waals surface area contributed by atoms with Crippen molar-refractivity contribution in [1.82, 2.24) is 10.3 Å². The van der Waals surface area contributed by atoms with E-state index in [9.17, 15) is 4.79 Å². The zero-order valence-corrected chi connectivity index (χ0v) is 15.5. The highest BCUT2D eigenvalue weighted by atomic mass is 16.3. The molecule has 0 bridgehead atoms. The molecule has 142 valence electrons. The van der Waals surface area contributed by atoms with Crippen LogP contribution in [0.5, 0.6) is 0 Å². The van der Waals surface area contributed by atoms with E-state index in [1.54, 1.807) is 12.3 Å². The quantitative estimate of drug-likeness (QED) is 0.846. The molecule has 0 saturated carbocycles. The van der Waals surface area contributed by atoms with Crippen LogP contribution in [-0.4, -0.2) is 55.3 Å². The van der Waals surface area contributed by atoms with E-state index < -0.39 is 0 Å². The van der Waals surface area contributed by atoms with Gasteiger partial charge in [-0.3, -0.25) is 4.79 Å². The Morgan fingerprint density at radius 3 is 2.63 bits per heavy atom. The minimum atomic E-state index is -0.169. The number of amides is 1. The predicted octanol–water partition coefficient (Wildman–Crippen LogP) is 1.91. The molecule has 0 radical (unpaired) electrons. The Morgan fingerprint density at radius 2 is 1.85 bits per heavy atom. The maximum absolute atomic E-state index is 12.1. The van der Waals surface area contributed by atoms with Crippen molar-refractivity contribution in [1.29, 1.82) is 0 Å². The average Bonchev–Trinajstić information content (AvgIpc) is 3.34. The lowest BCUT2D eigenvalue weighted by Gasteiger charge is -2.26. The Morgan fingerprint density at radius 1 is 1.11 bits per heavy atom. The molecule has 3 heterocycles. The van der Waals surface area contributed by atoms with Gasteiger partial charge >= 0.3 is 0 Å². The minimum Gasteiger partial charge on any atom is -0.395 e. The molecular weight excluding hydrogens is 340 g/mol. The number of pyridine rings is 1. The molecule has 4 rings (SSSR count). The van der Waals surface area contributed by atoms with Crippen LogP contribution in [-0.2, 0) is 0 Å². The molecule has 1 aromatic carbocycles. The number of nitrogens with zero attached hydrogens (tertiary/aromatic N) is 3. The van der Waals surface area contributed by atoms with Crippen molar-refractivity contribution >= 4 is 17.4 Å². The first kappa shape index (κ1) is 17.8. The van der Waals surface area contributed by atoms with Gasteiger partial charge in [0.25, 0.3) is 5.91 Å². The molecule has 2 aliphatic heterocycles. The maximum atomic E-state index is 12.1. The van der Waals surface area contributed by atoms with Gasteiger partial charge < -0.3 is 20.2 Å². The molecular formula is C21H26N4O2. The van der Waals surface area contributed by atoms with Crippen LogP contribution in [0.15, 0.2) is 48.7 Å². The summed E-state index contributed by atoms with van der Waals surface area (Å²) in [5.74, 6) is 0.694. The van der Waals surface area contributed by atoms with E-state index in [2.05, 4.69) is 50.4 Å². The first-order valence-electron chi connectivity index (χ1n) is 9.59. The van der Waals surface area contributed by atoms with Crippen molar-refractivity contribution in [2.45, 2.75) is 12.8 Å². The SMILES string of the molecule is O=C(NCCO)c1ccnc(N2CCC3(CCN(c4ccccc4)C3)C2)c1. The number of hydrogen-bond donors (Lipinski definition) is 2. The number of para-hydroxylation sites is 1. The van der Waals surface area contributed by atoms with Gasteiger partial charge in [0.2, 0.25) is 0 Å². The van der Waals surface area contributed by atoms with Gasteiger partial charge in [-0.15, -0.1) is 0 Å². The lowest BCUT2D eigenvalue weighted by atomic mass is 9.86. The second-order valence-electron chi connectivity index (χ2n) is 7.56. The summed E-state index contributed by atoms with van der Waals surface area (Å²) in [5, 5.41) is 11.6. The summed E-state index contributed by atoms with van der Waals surface area (Å²) in [6.07, 6.45) is 4.03. The highest BCUT2D eigenvalue weighted by Gasteiger charge is 2.43. The zero-order valence-electron chi connectivity index (χ0n) is 15.5. The molecule has 27 heavy (non-hydrogen) atoms. The minimum absolute atomic E-state index is 0.0593. The molecule has 2 saturated heterocycles. The van der Waals surface area contributed by atoms with Gasteiger partial charge in [0, 0.05) is 55.6 Å². The third-order valence-electron chi connectivity index (χ3n) is 5.73. The van der Waals surface area contributed by atoms with Crippen LogP contribution in [0.1, 0.15) is 23.2 Å². The fourth-order valence-electron chi connectivity index (χ4n) is 4.26. The predicted molar refractivity (Wildman–Crippen MR) is 106 cm³/mol. The number of rotatable bonds is 5. The lowest BCUT2D eigenvalue weighted by molar-refractivity contribution is 0.0944. The van der Waals surface area contributed by atoms with Crippen molar-refractivity contribution in [3.63, 3.8) is 0 Å². The van der Waals surface area contributed by atoms with Crippen LogP contribution in [0.3, 0.4) is 0 Å². The van der Waals surface area contributed by atoms with E-state index in [0.717, 1.165) is 38.4 Å². The molecule has 6 nitrogen and oxygen atoms in total. The molecule has 0 aliphatic carbocycles. The number of carbonyl (C=O) groups is 1. The highest BCUT2D eigenvalue weighted by Crippen LogP contribution is 2.42. The largest absolute Gasteiger partial charge is 0.395 e. The Hall–Kier alpha value is -2.60. The van der Waals surface area contributed by atoms with Crippen molar-refractivity contribution in [2.24, 2.45) is 5.41 Å². The summed E-state index contributed by atoms with van der Waals surface area (Å²) < 4.78 is 0. The van der Waals surface area contributed by atoms with Crippen molar-refractivity contribution in [3.8, 4) is 0 Å². The number of aliphatic hydroxyl groups excluding tert-OH is 1. The molecule has 2 aliphatic rings. The average molecular weight is 366 g/mol. The van der Waals surface area contributed by atoms with Gasteiger partial charge in [0.15, 0.2) is 0 Å². The molecule has 1 aromatic heterocycles. The molecule has 1 unspecified atom stereocenters. The van der Waals surface area contributed by atoms with Crippen molar-refractivity contribution in [3.05, 3.63) is 54.2 Å². The number of anilines is 2. The van der Waals surface area contributed by atoms with E-state index in [1.807, 2.05) is 6.07 Å². The molecule has 2 N–H and O–H groups in total. The van der Waals surface area contributed by atoms with E-state index in [0.29, 0.717) is 11.0 Å².